The highest BCUT2D eigenvalue weighted by molar-refractivity contribution is 6.00. The third-order valence-corrected chi connectivity index (χ3v) is 5.92. The van der Waals surface area contributed by atoms with Crippen LogP contribution in [0.2, 0.25) is 0 Å². The maximum absolute atomic E-state index is 13.3. The fourth-order valence-corrected chi connectivity index (χ4v) is 4.22. The Kier molecular flexibility index (Phi) is 6.68. The summed E-state index contributed by atoms with van der Waals surface area (Å²) in [5, 5.41) is 3.13. The van der Waals surface area contributed by atoms with E-state index in [2.05, 4.69) is 10.3 Å². The summed E-state index contributed by atoms with van der Waals surface area (Å²) >= 11 is 0. The summed E-state index contributed by atoms with van der Waals surface area (Å²) in [4.78, 5) is 32.9. The van der Waals surface area contributed by atoms with Crippen LogP contribution in [0.25, 0.3) is 11.3 Å². The zero-order chi connectivity index (χ0) is 20.9. The molecule has 1 fully saturated rings. The molecule has 1 aliphatic rings. The fourth-order valence-electron chi connectivity index (χ4n) is 4.22. The van der Waals surface area contributed by atoms with Crippen molar-refractivity contribution in [2.75, 3.05) is 13.1 Å². The molecule has 0 bridgehead atoms. The van der Waals surface area contributed by atoms with Crippen molar-refractivity contribution in [1.82, 2.24) is 15.2 Å². The van der Waals surface area contributed by atoms with E-state index < -0.39 is 5.54 Å². The van der Waals surface area contributed by atoms with Crippen LogP contribution in [-0.4, -0.2) is 40.3 Å². The van der Waals surface area contributed by atoms with Gasteiger partial charge in [-0.25, -0.2) is 0 Å². The third kappa shape index (κ3) is 4.50. The predicted octanol–water partition coefficient (Wildman–Crippen LogP) is 4.36. The van der Waals surface area contributed by atoms with Gasteiger partial charge in [0, 0.05) is 18.7 Å². The predicted molar refractivity (Wildman–Crippen MR) is 116 cm³/mol. The molecule has 2 amide bonds. The molecule has 0 unspecified atom stereocenters. The average molecular weight is 394 g/mol. The number of hydrogen-bond donors (Lipinski definition) is 1. The van der Waals surface area contributed by atoms with Gasteiger partial charge in [0.05, 0.1) is 17.0 Å². The van der Waals surface area contributed by atoms with Gasteiger partial charge < -0.3 is 10.2 Å². The maximum atomic E-state index is 13.3. The molecule has 2 aromatic rings. The van der Waals surface area contributed by atoms with Gasteiger partial charge in [0.2, 0.25) is 5.91 Å². The molecular weight excluding hydrogens is 362 g/mol. The summed E-state index contributed by atoms with van der Waals surface area (Å²) in [7, 11) is 0. The Morgan fingerprint density at radius 1 is 1.00 bits per heavy atom. The van der Waals surface area contributed by atoms with Gasteiger partial charge in [-0.2, -0.15) is 0 Å². The number of aromatic nitrogens is 1. The lowest BCUT2D eigenvalue weighted by Crippen LogP contribution is -2.60. The molecule has 0 radical (unpaired) electrons. The van der Waals surface area contributed by atoms with E-state index in [0.29, 0.717) is 37.2 Å². The summed E-state index contributed by atoms with van der Waals surface area (Å²) in [6.07, 6.45) is 4.41. The number of aryl methyl sites for hydroxylation is 1. The van der Waals surface area contributed by atoms with Gasteiger partial charge in [-0.1, -0.05) is 49.6 Å². The summed E-state index contributed by atoms with van der Waals surface area (Å²) in [6.45, 7) is 7.12. The van der Waals surface area contributed by atoms with E-state index in [-0.39, 0.29) is 11.8 Å². The number of carbonyl (C=O) groups is 2. The molecule has 154 valence electrons. The summed E-state index contributed by atoms with van der Waals surface area (Å²) in [6, 6.07) is 13.6. The number of nitrogens with one attached hydrogen (secondary N) is 1. The second-order valence-electron chi connectivity index (χ2n) is 7.77. The second-order valence-corrected chi connectivity index (χ2v) is 7.77. The first-order chi connectivity index (χ1) is 14.0. The minimum atomic E-state index is -0.800. The normalized spacial score (nSPS) is 15.6. The van der Waals surface area contributed by atoms with Crippen LogP contribution in [0.15, 0.2) is 42.5 Å². The minimum Gasteiger partial charge on any atom is -0.341 e. The van der Waals surface area contributed by atoms with Crippen molar-refractivity contribution in [1.29, 1.82) is 0 Å². The molecule has 5 heteroatoms. The lowest BCUT2D eigenvalue weighted by atomic mass is 9.80. The van der Waals surface area contributed by atoms with Crippen LogP contribution in [0, 0.1) is 6.92 Å². The molecule has 1 N–H and O–H groups in total. The van der Waals surface area contributed by atoms with Crippen LogP contribution in [0.4, 0.5) is 0 Å². The van der Waals surface area contributed by atoms with Crippen molar-refractivity contribution in [3.05, 3.63) is 53.7 Å². The molecule has 1 aromatic heterocycles. The quantitative estimate of drug-likeness (QED) is 0.793. The van der Waals surface area contributed by atoms with Crippen molar-refractivity contribution in [2.24, 2.45) is 0 Å². The molecule has 1 aromatic carbocycles. The molecule has 5 nitrogen and oxygen atoms in total. The SMILES string of the molecule is CCN(CC)C(=O)C1(NC(=O)c2ccc(-c3ccccc3)nc2C)CCCCC1. The molecule has 0 spiro atoms. The van der Waals surface area contributed by atoms with Crippen LogP contribution < -0.4 is 5.32 Å². The third-order valence-electron chi connectivity index (χ3n) is 5.92. The van der Waals surface area contributed by atoms with E-state index in [1.54, 1.807) is 0 Å². The Morgan fingerprint density at radius 2 is 1.66 bits per heavy atom. The van der Waals surface area contributed by atoms with E-state index in [0.717, 1.165) is 30.5 Å². The van der Waals surface area contributed by atoms with Gasteiger partial charge in [0.25, 0.3) is 5.91 Å². The molecule has 0 atom stereocenters. The maximum Gasteiger partial charge on any atom is 0.253 e. The van der Waals surface area contributed by atoms with Crippen molar-refractivity contribution in [3.63, 3.8) is 0 Å². The van der Waals surface area contributed by atoms with Crippen LogP contribution in [0.1, 0.15) is 62.0 Å². The van der Waals surface area contributed by atoms with Gasteiger partial charge in [0.1, 0.15) is 5.54 Å². The molecule has 1 saturated carbocycles. The Labute approximate surface area is 173 Å². The number of likely N-dealkylation sites (N-methyl/N-ethyl adjacent to an activating group) is 1. The highest BCUT2D eigenvalue weighted by Crippen LogP contribution is 2.31. The van der Waals surface area contributed by atoms with Crippen LogP contribution in [0.5, 0.6) is 0 Å². The van der Waals surface area contributed by atoms with Gasteiger partial charge in [0.15, 0.2) is 0 Å². The zero-order valence-electron chi connectivity index (χ0n) is 17.7. The summed E-state index contributed by atoms with van der Waals surface area (Å²) in [5.41, 5.74) is 2.26. The molecular formula is C24H31N3O2. The van der Waals surface area contributed by atoms with Gasteiger partial charge >= 0.3 is 0 Å². The first kappa shape index (κ1) is 21.0. The fraction of sp³-hybridized carbons (Fsp3) is 0.458. The number of amides is 2. The largest absolute Gasteiger partial charge is 0.341 e. The van der Waals surface area contributed by atoms with Crippen molar-refractivity contribution >= 4 is 11.8 Å². The highest BCUT2D eigenvalue weighted by atomic mass is 16.2. The standard InChI is InChI=1S/C24H31N3O2/c1-4-27(5-2)23(29)24(16-10-7-11-17-24)26-22(28)20-14-15-21(25-18(20)3)19-12-8-6-9-13-19/h6,8-9,12-15H,4-5,7,10-11,16-17H2,1-3H3,(H,26,28). The molecule has 29 heavy (non-hydrogen) atoms. The molecule has 0 saturated heterocycles. The molecule has 1 heterocycles. The Bertz CT molecular complexity index is 854. The van der Waals surface area contributed by atoms with Crippen LogP contribution in [0.3, 0.4) is 0 Å². The Morgan fingerprint density at radius 3 is 2.24 bits per heavy atom. The monoisotopic (exact) mass is 393 g/mol. The highest BCUT2D eigenvalue weighted by Gasteiger charge is 2.43. The lowest BCUT2D eigenvalue weighted by molar-refractivity contribution is -0.139. The number of nitrogens with zero attached hydrogens (tertiary/aromatic N) is 2. The van der Waals surface area contributed by atoms with E-state index in [9.17, 15) is 9.59 Å². The van der Waals surface area contributed by atoms with Crippen molar-refractivity contribution in [2.45, 2.75) is 58.4 Å². The smallest absolute Gasteiger partial charge is 0.253 e. The van der Waals surface area contributed by atoms with Crippen LogP contribution >= 0.6 is 0 Å². The van der Waals surface area contributed by atoms with E-state index in [1.165, 1.54) is 0 Å². The van der Waals surface area contributed by atoms with Crippen molar-refractivity contribution in [3.8, 4) is 11.3 Å². The Hall–Kier alpha value is -2.69. The number of benzene rings is 1. The van der Waals surface area contributed by atoms with Crippen molar-refractivity contribution < 1.29 is 9.59 Å². The van der Waals surface area contributed by atoms with Gasteiger partial charge in [-0.05, 0) is 45.7 Å². The topological polar surface area (TPSA) is 62.3 Å². The average Bonchev–Trinajstić information content (AvgIpc) is 2.75. The van der Waals surface area contributed by atoms with Gasteiger partial charge in [-0.15, -0.1) is 0 Å². The molecule has 1 aliphatic carbocycles. The number of rotatable bonds is 6. The molecule has 0 aliphatic heterocycles. The Balaban J connectivity index is 1.85. The minimum absolute atomic E-state index is 0.0436. The number of hydrogen-bond acceptors (Lipinski definition) is 3. The summed E-state index contributed by atoms with van der Waals surface area (Å²) in [5.74, 6) is -0.168. The zero-order valence-corrected chi connectivity index (χ0v) is 17.7. The number of carbonyl (C=O) groups excluding carboxylic acids is 2. The number of pyridine rings is 1. The first-order valence-electron chi connectivity index (χ1n) is 10.7. The van der Waals surface area contributed by atoms with Gasteiger partial charge in [-0.3, -0.25) is 14.6 Å². The van der Waals surface area contributed by atoms with E-state index in [4.69, 9.17) is 0 Å². The first-order valence-corrected chi connectivity index (χ1v) is 10.7. The van der Waals surface area contributed by atoms with E-state index in [1.807, 2.05) is 68.1 Å². The molecule has 3 rings (SSSR count). The van der Waals surface area contributed by atoms with Crippen LogP contribution in [-0.2, 0) is 4.79 Å². The second kappa shape index (κ2) is 9.21. The lowest BCUT2D eigenvalue weighted by Gasteiger charge is -2.40. The van der Waals surface area contributed by atoms with E-state index >= 15 is 0 Å². The summed E-state index contributed by atoms with van der Waals surface area (Å²) < 4.78 is 0.